The number of phenolic OH excluding ortho intramolecular Hbond substituents is 1. The number of fused-ring (bicyclic) bond motifs is 4. The first-order valence-electron chi connectivity index (χ1n) is 20.6. The number of methoxy groups -OCH3 is 2. The smallest absolute Gasteiger partial charge is 0.417 e. The number of carbonyl (C=O) groups excluding carboxylic acids is 4. The van der Waals surface area contributed by atoms with Gasteiger partial charge in [-0.3, -0.25) is 34.4 Å². The fourth-order valence-corrected chi connectivity index (χ4v) is 11.2. The molecule has 0 unspecified atom stereocenters. The van der Waals surface area contributed by atoms with Crippen LogP contribution in [-0.2, 0) is 37.3 Å². The Kier molecular flexibility index (Phi) is 10.9. The first kappa shape index (κ1) is 42.7. The number of ether oxygens (including phenoxy) is 2. The number of halogens is 5. The molecular weight excluding hydrogens is 862 g/mol. The number of pyridine rings is 1. The second-order valence-corrected chi connectivity index (χ2v) is 17.6. The van der Waals surface area contributed by atoms with Gasteiger partial charge < -0.3 is 14.6 Å². The molecule has 63 heavy (non-hydrogen) atoms. The van der Waals surface area contributed by atoms with Gasteiger partial charge in [0, 0.05) is 60.5 Å². The summed E-state index contributed by atoms with van der Waals surface area (Å²) in [6.45, 7) is 2.12. The first-order chi connectivity index (χ1) is 30.2. The number of aromatic nitrogens is 1. The van der Waals surface area contributed by atoms with Crippen LogP contribution in [-0.4, -0.2) is 81.9 Å². The number of nitrogens with one attached hydrogen (secondary N) is 1. The van der Waals surface area contributed by atoms with E-state index in [2.05, 4.69) is 27.4 Å². The fourth-order valence-electron chi connectivity index (χ4n) is 10.9. The standard InChI is InChI=1S/C46H42Cl2F3N5O7/c1-62-35-19-29(57)20-36(63-2)38(35)39-30-12-13-31-37(43(60)55(41(31)58)28-14-16-54(17-15-28)23-24-6-4-3-5-7-24)32(30)21-33-42(59)56(44(61)45(33,39)25-8-10-27(47)11-9-25)53-40-34(48)18-26(22-52-40)46(49,50)51/h3-12,18-20,22,28,31-33,37,39,57H,13-17,21,23H2,1-2H3,(H,52,53)/t31-,32+,33-,37-,39+,45+/m0/s1. The number of benzene rings is 3. The lowest BCUT2D eigenvalue weighted by atomic mass is 9.49. The lowest BCUT2D eigenvalue weighted by molar-refractivity contribution is -0.144. The van der Waals surface area contributed by atoms with Crippen molar-refractivity contribution in [1.82, 2.24) is 19.8 Å². The molecular formula is C46H42Cl2F3N5O7. The number of aromatic hydroxyl groups is 1. The predicted molar refractivity (Wildman–Crippen MR) is 225 cm³/mol. The summed E-state index contributed by atoms with van der Waals surface area (Å²) in [5.74, 6) is -7.28. The van der Waals surface area contributed by atoms with Crippen LogP contribution < -0.4 is 14.9 Å². The van der Waals surface area contributed by atoms with Crippen molar-refractivity contribution < 1.29 is 46.9 Å². The van der Waals surface area contributed by atoms with Gasteiger partial charge in [-0.2, -0.15) is 18.2 Å². The third-order valence-electron chi connectivity index (χ3n) is 13.6. The molecule has 3 aromatic carbocycles. The molecule has 4 fully saturated rings. The molecule has 4 amide bonds. The maximum Gasteiger partial charge on any atom is 0.417 e. The van der Waals surface area contributed by atoms with Gasteiger partial charge in [-0.15, -0.1) is 0 Å². The van der Waals surface area contributed by atoms with Crippen LogP contribution in [0.25, 0.3) is 0 Å². The molecule has 4 aromatic rings. The first-order valence-corrected chi connectivity index (χ1v) is 21.3. The Morgan fingerprint density at radius 3 is 2.17 bits per heavy atom. The van der Waals surface area contributed by atoms with Gasteiger partial charge in [0.05, 0.1) is 48.0 Å². The third kappa shape index (κ3) is 6.99. The van der Waals surface area contributed by atoms with Gasteiger partial charge in [0.25, 0.3) is 11.8 Å². The number of hydrazine groups is 1. The molecule has 1 aromatic heterocycles. The molecule has 2 N–H and O–H groups in total. The van der Waals surface area contributed by atoms with E-state index >= 15 is 9.59 Å². The van der Waals surface area contributed by atoms with E-state index in [9.17, 15) is 27.9 Å². The molecule has 17 heteroatoms. The second kappa shape index (κ2) is 16.2. The Labute approximate surface area is 370 Å². The number of amides is 4. The number of piperidine rings is 1. The highest BCUT2D eigenvalue weighted by molar-refractivity contribution is 6.33. The second-order valence-electron chi connectivity index (χ2n) is 16.7. The maximum atomic E-state index is 15.6. The minimum Gasteiger partial charge on any atom is -0.508 e. The average Bonchev–Trinajstić information content (AvgIpc) is 3.65. The molecule has 12 nitrogen and oxygen atoms in total. The highest BCUT2D eigenvalue weighted by Gasteiger charge is 2.71. The van der Waals surface area contributed by atoms with Crippen LogP contribution in [0.5, 0.6) is 17.2 Å². The summed E-state index contributed by atoms with van der Waals surface area (Å²) >= 11 is 12.7. The van der Waals surface area contributed by atoms with E-state index in [1.165, 1.54) is 36.8 Å². The molecule has 3 saturated heterocycles. The van der Waals surface area contributed by atoms with Gasteiger partial charge in [-0.25, -0.2) is 4.98 Å². The van der Waals surface area contributed by atoms with E-state index in [-0.39, 0.29) is 53.8 Å². The minimum absolute atomic E-state index is 0.0614. The molecule has 4 heterocycles. The summed E-state index contributed by atoms with van der Waals surface area (Å²) in [7, 11) is 2.76. The largest absolute Gasteiger partial charge is 0.508 e. The summed E-state index contributed by atoms with van der Waals surface area (Å²) in [5, 5.41) is 11.4. The summed E-state index contributed by atoms with van der Waals surface area (Å²) in [6.07, 6.45) is -1.06. The average molecular weight is 905 g/mol. The van der Waals surface area contributed by atoms with Crippen LogP contribution in [0.15, 0.2) is 90.6 Å². The Hall–Kier alpha value is -5.64. The number of rotatable bonds is 9. The van der Waals surface area contributed by atoms with Crippen LogP contribution >= 0.6 is 23.2 Å². The molecule has 1 saturated carbocycles. The van der Waals surface area contributed by atoms with Crippen LogP contribution in [0, 0.1) is 23.7 Å². The van der Waals surface area contributed by atoms with Crippen LogP contribution in [0.1, 0.15) is 53.9 Å². The van der Waals surface area contributed by atoms with Crippen molar-refractivity contribution in [3.8, 4) is 17.2 Å². The number of carbonyl (C=O) groups is 4. The number of hydrogen-bond donors (Lipinski definition) is 2. The zero-order valence-corrected chi connectivity index (χ0v) is 35.6. The highest BCUT2D eigenvalue weighted by atomic mass is 35.5. The molecule has 2 aliphatic carbocycles. The van der Waals surface area contributed by atoms with Crippen molar-refractivity contribution in [2.24, 2.45) is 23.7 Å². The maximum absolute atomic E-state index is 15.6. The summed E-state index contributed by atoms with van der Waals surface area (Å²) in [5.41, 5.74) is 2.07. The van der Waals surface area contributed by atoms with E-state index in [0.717, 1.165) is 11.6 Å². The number of likely N-dealkylation sites (tertiary alicyclic amines) is 2. The topological polar surface area (TPSA) is 142 Å². The number of alkyl halides is 3. The zero-order chi connectivity index (χ0) is 44.5. The quantitative estimate of drug-likeness (QED) is 0.126. The van der Waals surface area contributed by atoms with Crippen molar-refractivity contribution in [2.45, 2.75) is 55.8 Å². The Bertz CT molecular complexity index is 2510. The van der Waals surface area contributed by atoms with Gasteiger partial charge in [-0.1, -0.05) is 77.3 Å². The predicted octanol–water partition coefficient (Wildman–Crippen LogP) is 7.78. The lowest BCUT2D eigenvalue weighted by Gasteiger charge is -2.51. The van der Waals surface area contributed by atoms with Gasteiger partial charge in [0.2, 0.25) is 11.8 Å². The Balaban J connectivity index is 1.15. The van der Waals surface area contributed by atoms with Crippen LogP contribution in [0.3, 0.4) is 0 Å². The molecule has 9 rings (SSSR count). The number of nitrogens with zero attached hydrogens (tertiary/aromatic N) is 4. The summed E-state index contributed by atoms with van der Waals surface area (Å²) in [4.78, 5) is 67.8. The molecule has 0 spiro atoms. The number of hydrogen-bond acceptors (Lipinski definition) is 10. The van der Waals surface area contributed by atoms with E-state index in [0.29, 0.717) is 59.9 Å². The molecule has 0 bridgehead atoms. The zero-order valence-electron chi connectivity index (χ0n) is 34.1. The number of imide groups is 2. The summed E-state index contributed by atoms with van der Waals surface area (Å²) in [6, 6.07) is 19.5. The van der Waals surface area contributed by atoms with Crippen LogP contribution in [0.2, 0.25) is 10.0 Å². The van der Waals surface area contributed by atoms with E-state index in [4.69, 9.17) is 32.7 Å². The van der Waals surface area contributed by atoms with E-state index in [1.807, 2.05) is 24.3 Å². The number of phenols is 1. The lowest BCUT2D eigenvalue weighted by Crippen LogP contribution is -2.53. The van der Waals surface area contributed by atoms with Crippen molar-refractivity contribution in [2.75, 3.05) is 32.7 Å². The van der Waals surface area contributed by atoms with Gasteiger partial charge in [0.15, 0.2) is 5.82 Å². The van der Waals surface area contributed by atoms with Crippen molar-refractivity contribution in [1.29, 1.82) is 0 Å². The van der Waals surface area contributed by atoms with Crippen molar-refractivity contribution in [3.05, 3.63) is 123 Å². The van der Waals surface area contributed by atoms with Gasteiger partial charge in [-0.05, 0) is 60.9 Å². The number of anilines is 1. The summed E-state index contributed by atoms with van der Waals surface area (Å²) < 4.78 is 52.6. The fraction of sp³-hybridized carbons (Fsp3) is 0.370. The van der Waals surface area contributed by atoms with Gasteiger partial charge in [0.1, 0.15) is 17.2 Å². The monoisotopic (exact) mass is 903 g/mol. The molecule has 3 aliphatic heterocycles. The SMILES string of the molecule is COc1cc(O)cc(OC)c1[C@H]1C2=CC[C@@H]3C(=O)N(C4CCN(Cc5ccccc5)CC4)C(=O)[C@@H]3[C@@H]2C[C@H]2C(=O)N(Nc3ncc(C(F)(F)F)cc3Cl)C(=O)[C@@]12c1ccc(Cl)cc1. The van der Waals surface area contributed by atoms with Crippen molar-refractivity contribution in [3.63, 3.8) is 0 Å². The third-order valence-corrected chi connectivity index (χ3v) is 14.1. The highest BCUT2D eigenvalue weighted by Crippen LogP contribution is 2.66. The molecule has 328 valence electrons. The van der Waals surface area contributed by atoms with Gasteiger partial charge >= 0.3 is 6.18 Å². The minimum atomic E-state index is -4.77. The Morgan fingerprint density at radius 2 is 1.56 bits per heavy atom. The molecule has 0 radical (unpaired) electrons. The Morgan fingerprint density at radius 1 is 0.889 bits per heavy atom. The normalized spacial score (nSPS) is 26.3. The van der Waals surface area contributed by atoms with Crippen molar-refractivity contribution >= 4 is 52.6 Å². The molecule has 5 aliphatic rings. The van der Waals surface area contributed by atoms with E-state index in [1.54, 1.807) is 24.3 Å². The van der Waals surface area contributed by atoms with E-state index < -0.39 is 63.6 Å². The van der Waals surface area contributed by atoms with Crippen LogP contribution in [0.4, 0.5) is 19.0 Å². The molecule has 6 atom stereocenters. The number of allylic oxidation sites excluding steroid dienone is 2.